The van der Waals surface area contributed by atoms with E-state index in [1.807, 2.05) is 42.9 Å². The monoisotopic (exact) mass is 255 g/mol. The molecule has 98 valence electrons. The summed E-state index contributed by atoms with van der Waals surface area (Å²) >= 11 is 0. The first-order valence-electron chi connectivity index (χ1n) is 6.68. The summed E-state index contributed by atoms with van der Waals surface area (Å²) in [5.74, 6) is 0.623. The predicted molar refractivity (Wildman–Crippen MR) is 73.9 cm³/mol. The number of imidazole rings is 1. The Morgan fingerprint density at radius 1 is 1.32 bits per heavy atom. The maximum absolute atomic E-state index is 11.9. The first kappa shape index (κ1) is 12.0. The molecule has 1 aromatic carbocycles. The zero-order valence-electron chi connectivity index (χ0n) is 10.7. The van der Waals surface area contributed by atoms with Crippen LogP contribution in [0.5, 0.6) is 0 Å². The average Bonchev–Trinajstić information content (AvgIpc) is 2.76. The number of amides is 1. The van der Waals surface area contributed by atoms with Gasteiger partial charge in [0.2, 0.25) is 5.91 Å². The molecular weight excluding hydrogens is 238 g/mol. The molecule has 0 unspecified atom stereocenters. The number of carbonyl (C=O) groups is 1. The summed E-state index contributed by atoms with van der Waals surface area (Å²) < 4.78 is 2.10. The van der Waals surface area contributed by atoms with Crippen molar-refractivity contribution in [1.29, 1.82) is 0 Å². The van der Waals surface area contributed by atoms with Crippen molar-refractivity contribution in [2.75, 3.05) is 5.32 Å². The van der Waals surface area contributed by atoms with Gasteiger partial charge in [-0.15, -0.1) is 0 Å². The molecule has 1 aromatic heterocycles. The zero-order valence-corrected chi connectivity index (χ0v) is 10.7. The van der Waals surface area contributed by atoms with Gasteiger partial charge in [-0.2, -0.15) is 0 Å². The molecule has 0 atom stereocenters. The molecule has 0 aliphatic heterocycles. The van der Waals surface area contributed by atoms with Crippen molar-refractivity contribution in [3.05, 3.63) is 48.4 Å². The van der Waals surface area contributed by atoms with Crippen molar-refractivity contribution in [3.8, 4) is 0 Å². The molecular formula is C15H17N3O. The van der Waals surface area contributed by atoms with E-state index in [-0.39, 0.29) is 5.91 Å². The largest absolute Gasteiger partial charge is 0.332 e. The smallest absolute Gasteiger partial charge is 0.229 e. The van der Waals surface area contributed by atoms with Crippen molar-refractivity contribution in [2.45, 2.75) is 31.7 Å². The van der Waals surface area contributed by atoms with Crippen LogP contribution >= 0.6 is 0 Å². The van der Waals surface area contributed by atoms with Crippen LogP contribution in [-0.2, 0) is 11.2 Å². The highest BCUT2D eigenvalue weighted by Gasteiger charge is 2.19. The molecule has 1 amide bonds. The fourth-order valence-electron chi connectivity index (χ4n) is 2.25. The van der Waals surface area contributed by atoms with Gasteiger partial charge in [-0.05, 0) is 24.8 Å². The van der Waals surface area contributed by atoms with Crippen LogP contribution in [-0.4, -0.2) is 15.5 Å². The van der Waals surface area contributed by atoms with Gasteiger partial charge in [-0.1, -0.05) is 30.3 Å². The van der Waals surface area contributed by atoms with Crippen LogP contribution in [0.3, 0.4) is 0 Å². The molecule has 3 rings (SSSR count). The zero-order chi connectivity index (χ0) is 13.1. The Labute approximate surface area is 112 Å². The van der Waals surface area contributed by atoms with Gasteiger partial charge in [-0.3, -0.25) is 4.79 Å². The summed E-state index contributed by atoms with van der Waals surface area (Å²) in [7, 11) is 0. The van der Waals surface area contributed by atoms with Crippen molar-refractivity contribution in [1.82, 2.24) is 9.55 Å². The van der Waals surface area contributed by atoms with E-state index < -0.39 is 0 Å². The highest BCUT2D eigenvalue weighted by Crippen LogP contribution is 2.31. The van der Waals surface area contributed by atoms with E-state index in [9.17, 15) is 4.79 Å². The summed E-state index contributed by atoms with van der Waals surface area (Å²) in [5.41, 5.74) is 1.01. The average molecular weight is 255 g/mol. The van der Waals surface area contributed by atoms with Crippen molar-refractivity contribution >= 4 is 11.7 Å². The van der Waals surface area contributed by atoms with Crippen molar-refractivity contribution < 1.29 is 4.79 Å². The molecule has 1 aliphatic carbocycles. The second kappa shape index (κ2) is 5.26. The van der Waals surface area contributed by atoms with Gasteiger partial charge in [0.15, 0.2) is 5.82 Å². The second-order valence-electron chi connectivity index (χ2n) is 5.00. The van der Waals surface area contributed by atoms with E-state index in [0.29, 0.717) is 18.3 Å². The van der Waals surface area contributed by atoms with Gasteiger partial charge in [0.25, 0.3) is 0 Å². The van der Waals surface area contributed by atoms with E-state index in [0.717, 1.165) is 5.56 Å². The van der Waals surface area contributed by atoms with Crippen LogP contribution in [0.25, 0.3) is 0 Å². The summed E-state index contributed by atoms with van der Waals surface area (Å²) in [5, 5.41) is 2.84. The van der Waals surface area contributed by atoms with Crippen LogP contribution in [0.2, 0.25) is 0 Å². The number of nitrogens with zero attached hydrogens (tertiary/aromatic N) is 2. The number of aromatic nitrogens is 2. The molecule has 0 radical (unpaired) electrons. The van der Waals surface area contributed by atoms with E-state index in [4.69, 9.17) is 0 Å². The summed E-state index contributed by atoms with van der Waals surface area (Å²) in [6.45, 7) is 0. The van der Waals surface area contributed by atoms with Crippen LogP contribution in [0.1, 0.15) is 30.9 Å². The Kier molecular flexibility index (Phi) is 3.31. The number of hydrogen-bond donors (Lipinski definition) is 1. The van der Waals surface area contributed by atoms with E-state index in [1.54, 1.807) is 0 Å². The molecule has 0 saturated heterocycles. The van der Waals surface area contributed by atoms with Crippen molar-refractivity contribution in [3.63, 3.8) is 0 Å². The number of benzene rings is 1. The SMILES string of the molecule is O=C(Cc1ccccc1)Nc1cn(C2CCC2)cn1. The lowest BCUT2D eigenvalue weighted by atomic mass is 9.93. The number of nitrogens with one attached hydrogen (secondary N) is 1. The molecule has 0 bridgehead atoms. The Hall–Kier alpha value is -2.10. The Balaban J connectivity index is 1.58. The summed E-state index contributed by atoms with van der Waals surface area (Å²) in [6.07, 6.45) is 7.84. The van der Waals surface area contributed by atoms with Gasteiger partial charge < -0.3 is 9.88 Å². The van der Waals surface area contributed by atoms with Gasteiger partial charge in [0, 0.05) is 12.2 Å². The molecule has 4 heteroatoms. The minimum absolute atomic E-state index is 0.0231. The lowest BCUT2D eigenvalue weighted by Crippen LogP contribution is -2.16. The lowest BCUT2D eigenvalue weighted by molar-refractivity contribution is -0.115. The van der Waals surface area contributed by atoms with Gasteiger partial charge >= 0.3 is 0 Å². The fourth-order valence-corrected chi connectivity index (χ4v) is 2.25. The quantitative estimate of drug-likeness (QED) is 0.913. The molecule has 1 aliphatic rings. The molecule has 4 nitrogen and oxygen atoms in total. The fraction of sp³-hybridized carbons (Fsp3) is 0.333. The third kappa shape index (κ3) is 2.84. The second-order valence-corrected chi connectivity index (χ2v) is 5.00. The molecule has 2 aromatic rings. The summed E-state index contributed by atoms with van der Waals surface area (Å²) in [4.78, 5) is 16.1. The molecule has 1 N–H and O–H groups in total. The lowest BCUT2D eigenvalue weighted by Gasteiger charge is -2.26. The highest BCUT2D eigenvalue weighted by molar-refractivity contribution is 5.91. The maximum atomic E-state index is 11.9. The number of carbonyl (C=O) groups excluding carboxylic acids is 1. The van der Waals surface area contributed by atoms with Crippen LogP contribution in [0.15, 0.2) is 42.9 Å². The first-order valence-corrected chi connectivity index (χ1v) is 6.68. The van der Waals surface area contributed by atoms with E-state index in [1.165, 1.54) is 19.3 Å². The molecule has 1 fully saturated rings. The predicted octanol–water partition coefficient (Wildman–Crippen LogP) is 2.79. The topological polar surface area (TPSA) is 46.9 Å². The van der Waals surface area contributed by atoms with Crippen LogP contribution in [0.4, 0.5) is 5.82 Å². The Bertz CT molecular complexity index is 558. The third-order valence-corrected chi connectivity index (χ3v) is 3.57. The molecule has 0 spiro atoms. The molecule has 1 saturated carbocycles. The third-order valence-electron chi connectivity index (χ3n) is 3.57. The van der Waals surface area contributed by atoms with Crippen molar-refractivity contribution in [2.24, 2.45) is 0 Å². The molecule has 19 heavy (non-hydrogen) atoms. The van der Waals surface area contributed by atoms with Gasteiger partial charge in [-0.25, -0.2) is 4.98 Å². The normalized spacial score (nSPS) is 14.9. The van der Waals surface area contributed by atoms with E-state index in [2.05, 4.69) is 14.9 Å². The number of rotatable bonds is 4. The standard InChI is InChI=1S/C15H17N3O/c19-15(9-12-5-2-1-3-6-12)17-14-10-18(11-16-14)13-7-4-8-13/h1-3,5-6,10-11,13H,4,7-9H2,(H,17,19). The number of anilines is 1. The Morgan fingerprint density at radius 2 is 2.11 bits per heavy atom. The highest BCUT2D eigenvalue weighted by atomic mass is 16.1. The first-order chi connectivity index (χ1) is 9.31. The van der Waals surface area contributed by atoms with Gasteiger partial charge in [0.1, 0.15) is 0 Å². The minimum Gasteiger partial charge on any atom is -0.332 e. The van der Waals surface area contributed by atoms with Gasteiger partial charge in [0.05, 0.1) is 12.7 Å². The summed E-state index contributed by atoms with van der Waals surface area (Å²) in [6, 6.07) is 10.3. The minimum atomic E-state index is -0.0231. The number of hydrogen-bond acceptors (Lipinski definition) is 2. The van der Waals surface area contributed by atoms with Crippen LogP contribution < -0.4 is 5.32 Å². The maximum Gasteiger partial charge on any atom is 0.229 e. The van der Waals surface area contributed by atoms with Crippen LogP contribution in [0, 0.1) is 0 Å². The Morgan fingerprint density at radius 3 is 2.79 bits per heavy atom. The van der Waals surface area contributed by atoms with E-state index >= 15 is 0 Å². The molecule has 1 heterocycles.